The van der Waals surface area contributed by atoms with E-state index in [9.17, 15) is 14.9 Å². The van der Waals surface area contributed by atoms with Gasteiger partial charge in [-0.2, -0.15) is 0 Å². The second-order valence-corrected chi connectivity index (χ2v) is 7.38. The summed E-state index contributed by atoms with van der Waals surface area (Å²) < 4.78 is 2.16. The summed E-state index contributed by atoms with van der Waals surface area (Å²) in [4.78, 5) is 30.2. The van der Waals surface area contributed by atoms with Gasteiger partial charge in [0.1, 0.15) is 13.3 Å². The summed E-state index contributed by atoms with van der Waals surface area (Å²) in [7, 11) is 0. The number of nitro groups is 1. The van der Waals surface area contributed by atoms with Gasteiger partial charge in [-0.3, -0.25) is 19.5 Å². The highest BCUT2D eigenvalue weighted by molar-refractivity contribution is 7.07. The third-order valence-corrected chi connectivity index (χ3v) is 5.45. The van der Waals surface area contributed by atoms with Crippen LogP contribution in [-0.2, 0) is 6.67 Å². The molecular weight excluding hydrogens is 388 g/mol. The van der Waals surface area contributed by atoms with Gasteiger partial charge in [0.2, 0.25) is 0 Å². The molecule has 0 aliphatic carbocycles. The van der Waals surface area contributed by atoms with Gasteiger partial charge in [0.05, 0.1) is 9.46 Å². The number of anilines is 1. The van der Waals surface area contributed by atoms with Crippen LogP contribution in [0.15, 0.2) is 58.3 Å². The molecule has 0 saturated carbocycles. The Hall–Kier alpha value is -2.97. The molecule has 9 heteroatoms. The van der Waals surface area contributed by atoms with Gasteiger partial charge in [-0.05, 0) is 29.8 Å². The molecule has 27 heavy (non-hydrogen) atoms. The van der Waals surface area contributed by atoms with Crippen molar-refractivity contribution in [2.75, 3.05) is 11.6 Å². The van der Waals surface area contributed by atoms with E-state index in [-0.39, 0.29) is 11.2 Å². The SMILES string of the molecule is O=c1/c(=C/c2ccc(Cl)cc2)sc2n1CN(c1cccc([N+](=O)[O-])c1)CN=2. The first-order chi connectivity index (χ1) is 13.0. The second-order valence-electron chi connectivity index (χ2n) is 5.94. The molecule has 0 saturated heterocycles. The maximum Gasteiger partial charge on any atom is 0.271 e. The van der Waals surface area contributed by atoms with Crippen molar-refractivity contribution in [2.45, 2.75) is 6.67 Å². The van der Waals surface area contributed by atoms with Crippen molar-refractivity contribution in [2.24, 2.45) is 4.99 Å². The summed E-state index contributed by atoms with van der Waals surface area (Å²) in [6.45, 7) is 0.630. The van der Waals surface area contributed by atoms with Crippen molar-refractivity contribution in [3.8, 4) is 0 Å². The topological polar surface area (TPSA) is 80.7 Å². The number of fused-ring (bicyclic) bond motifs is 1. The highest BCUT2D eigenvalue weighted by atomic mass is 35.5. The third-order valence-electron chi connectivity index (χ3n) is 4.15. The minimum Gasteiger partial charge on any atom is -0.333 e. The number of nitrogens with zero attached hydrogens (tertiary/aromatic N) is 4. The number of hydrogen-bond donors (Lipinski definition) is 0. The molecule has 0 atom stereocenters. The summed E-state index contributed by atoms with van der Waals surface area (Å²) in [5.41, 5.74) is 1.41. The molecule has 3 aromatic rings. The molecule has 0 bridgehead atoms. The number of non-ortho nitro benzene ring substituents is 1. The Balaban J connectivity index is 1.69. The van der Waals surface area contributed by atoms with E-state index in [4.69, 9.17) is 11.6 Å². The van der Waals surface area contributed by atoms with E-state index in [1.807, 2.05) is 23.1 Å². The maximum atomic E-state index is 12.8. The van der Waals surface area contributed by atoms with Crippen LogP contribution >= 0.6 is 22.9 Å². The van der Waals surface area contributed by atoms with Gasteiger partial charge in [0, 0.05) is 22.8 Å². The minimum absolute atomic E-state index is 0.00715. The Morgan fingerprint density at radius 3 is 2.74 bits per heavy atom. The number of aromatic nitrogens is 1. The number of thiazole rings is 1. The molecule has 2 heterocycles. The van der Waals surface area contributed by atoms with Crippen LogP contribution in [0.3, 0.4) is 0 Å². The molecule has 0 amide bonds. The Morgan fingerprint density at radius 2 is 2.00 bits per heavy atom. The Kier molecular flexibility index (Phi) is 4.51. The predicted octanol–water partition coefficient (Wildman–Crippen LogP) is 2.36. The Bertz CT molecular complexity index is 1200. The fraction of sp³-hybridized carbons (Fsp3) is 0.111. The third kappa shape index (κ3) is 3.49. The molecule has 136 valence electrons. The zero-order chi connectivity index (χ0) is 19.0. The summed E-state index contributed by atoms with van der Waals surface area (Å²) >= 11 is 7.22. The lowest BCUT2D eigenvalue weighted by Gasteiger charge is -2.25. The van der Waals surface area contributed by atoms with E-state index < -0.39 is 4.92 Å². The van der Waals surface area contributed by atoms with E-state index in [1.54, 1.807) is 28.8 Å². The zero-order valence-electron chi connectivity index (χ0n) is 13.9. The molecule has 1 aliphatic rings. The van der Waals surface area contributed by atoms with Crippen molar-refractivity contribution < 1.29 is 4.92 Å². The van der Waals surface area contributed by atoms with E-state index in [2.05, 4.69) is 4.99 Å². The van der Waals surface area contributed by atoms with E-state index in [0.29, 0.717) is 33.4 Å². The molecule has 0 spiro atoms. The fourth-order valence-corrected chi connectivity index (χ4v) is 3.88. The smallest absolute Gasteiger partial charge is 0.271 e. The van der Waals surface area contributed by atoms with Crippen LogP contribution in [0.25, 0.3) is 6.08 Å². The van der Waals surface area contributed by atoms with E-state index in [1.165, 1.54) is 23.5 Å². The number of halogens is 1. The zero-order valence-corrected chi connectivity index (χ0v) is 15.5. The van der Waals surface area contributed by atoms with Crippen molar-refractivity contribution in [1.29, 1.82) is 0 Å². The van der Waals surface area contributed by atoms with Crippen LogP contribution in [0.4, 0.5) is 11.4 Å². The molecule has 1 aromatic heterocycles. The van der Waals surface area contributed by atoms with Crippen molar-refractivity contribution in [3.05, 3.63) is 88.9 Å². The number of benzene rings is 2. The van der Waals surface area contributed by atoms with Crippen LogP contribution in [0, 0.1) is 10.1 Å². The normalized spacial score (nSPS) is 14.0. The lowest BCUT2D eigenvalue weighted by Crippen LogP contribution is -2.42. The van der Waals surface area contributed by atoms with E-state index in [0.717, 1.165) is 5.56 Å². The first-order valence-electron chi connectivity index (χ1n) is 8.02. The van der Waals surface area contributed by atoms with Gasteiger partial charge in [-0.25, -0.2) is 4.99 Å². The van der Waals surface area contributed by atoms with Crippen molar-refractivity contribution in [1.82, 2.24) is 4.57 Å². The maximum absolute atomic E-state index is 12.8. The van der Waals surface area contributed by atoms with Gasteiger partial charge in [-0.15, -0.1) is 0 Å². The van der Waals surface area contributed by atoms with Crippen molar-refractivity contribution in [3.63, 3.8) is 0 Å². The quantitative estimate of drug-likeness (QED) is 0.499. The minimum atomic E-state index is -0.439. The molecule has 4 rings (SSSR count). The second kappa shape index (κ2) is 6.98. The largest absolute Gasteiger partial charge is 0.333 e. The number of rotatable bonds is 3. The lowest BCUT2D eigenvalue weighted by atomic mass is 10.2. The highest BCUT2D eigenvalue weighted by Crippen LogP contribution is 2.21. The monoisotopic (exact) mass is 400 g/mol. The molecule has 7 nitrogen and oxygen atoms in total. The summed E-state index contributed by atoms with van der Waals surface area (Å²) in [6, 6.07) is 13.5. The number of hydrogen-bond acceptors (Lipinski definition) is 6. The Labute approximate surface area is 162 Å². The molecule has 0 fully saturated rings. The molecular formula is C18H13ClN4O3S. The van der Waals surface area contributed by atoms with E-state index >= 15 is 0 Å². The van der Waals surface area contributed by atoms with Gasteiger partial charge in [0.15, 0.2) is 4.80 Å². The summed E-state index contributed by atoms with van der Waals surface area (Å²) in [6.07, 6.45) is 1.81. The first kappa shape index (κ1) is 17.4. The predicted molar refractivity (Wildman–Crippen MR) is 105 cm³/mol. The average Bonchev–Trinajstić information content (AvgIpc) is 2.99. The molecule has 0 radical (unpaired) electrons. The number of nitro benzene ring substituents is 1. The fourth-order valence-electron chi connectivity index (χ4n) is 2.79. The summed E-state index contributed by atoms with van der Waals surface area (Å²) in [5.74, 6) is 0. The molecule has 2 aromatic carbocycles. The standard InChI is InChI=1S/C18H13ClN4O3S/c19-13-6-4-12(5-7-13)8-16-17(24)22-11-21(10-20-18(22)27-16)14-2-1-3-15(9-14)23(25)26/h1-9H,10-11H2/b16-8-. The Morgan fingerprint density at radius 1 is 1.22 bits per heavy atom. The molecule has 0 unspecified atom stereocenters. The van der Waals surface area contributed by atoms with Crippen molar-refractivity contribution >= 4 is 40.4 Å². The van der Waals surface area contributed by atoms with Gasteiger partial charge >= 0.3 is 0 Å². The van der Waals surface area contributed by atoms with Gasteiger partial charge in [0.25, 0.3) is 11.2 Å². The summed E-state index contributed by atoms with van der Waals surface area (Å²) in [5, 5.41) is 11.6. The van der Waals surface area contributed by atoms with Crippen LogP contribution in [0.1, 0.15) is 5.56 Å². The van der Waals surface area contributed by atoms with Gasteiger partial charge < -0.3 is 4.90 Å². The highest BCUT2D eigenvalue weighted by Gasteiger charge is 2.17. The molecule has 0 N–H and O–H groups in total. The first-order valence-corrected chi connectivity index (χ1v) is 9.21. The molecule has 1 aliphatic heterocycles. The van der Waals surface area contributed by atoms with Crippen LogP contribution < -0.4 is 19.8 Å². The van der Waals surface area contributed by atoms with Crippen LogP contribution in [-0.4, -0.2) is 16.2 Å². The van der Waals surface area contributed by atoms with Gasteiger partial charge in [-0.1, -0.05) is 41.1 Å². The van der Waals surface area contributed by atoms with Crippen LogP contribution in [0.5, 0.6) is 0 Å². The lowest BCUT2D eigenvalue weighted by molar-refractivity contribution is -0.384. The van der Waals surface area contributed by atoms with Crippen LogP contribution in [0.2, 0.25) is 5.02 Å². The average molecular weight is 401 g/mol.